The quantitative estimate of drug-likeness (QED) is 0.793. The van der Waals surface area contributed by atoms with E-state index in [0.717, 1.165) is 24.0 Å². The molecule has 0 saturated heterocycles. The van der Waals surface area contributed by atoms with Gasteiger partial charge in [0.05, 0.1) is 5.56 Å². The van der Waals surface area contributed by atoms with Crippen molar-refractivity contribution in [1.29, 1.82) is 0 Å². The Labute approximate surface area is 143 Å². The van der Waals surface area contributed by atoms with Gasteiger partial charge in [-0.2, -0.15) is 5.10 Å². The highest BCUT2D eigenvalue weighted by molar-refractivity contribution is 7.10. The molecule has 3 heterocycles. The lowest BCUT2D eigenvalue weighted by Gasteiger charge is -2.13. The summed E-state index contributed by atoms with van der Waals surface area (Å²) < 4.78 is 1.61. The van der Waals surface area contributed by atoms with E-state index in [4.69, 9.17) is 0 Å². The molecule has 1 amide bonds. The Balaban J connectivity index is 1.52. The topological polar surface area (TPSA) is 72.7 Å². The van der Waals surface area contributed by atoms with Gasteiger partial charge in [-0.1, -0.05) is 6.07 Å². The molecule has 0 atom stereocenters. The maximum Gasteiger partial charge on any atom is 0.252 e. The summed E-state index contributed by atoms with van der Waals surface area (Å²) in [5.41, 5.74) is 2.98. The third-order valence-corrected chi connectivity index (χ3v) is 5.34. The minimum Gasteiger partial charge on any atom is -0.348 e. The molecule has 1 aliphatic rings. The number of pyridine rings is 1. The Kier molecular flexibility index (Phi) is 4.08. The van der Waals surface area contributed by atoms with Crippen molar-refractivity contribution in [3.63, 3.8) is 0 Å². The fourth-order valence-electron chi connectivity index (χ4n) is 3.05. The lowest BCUT2D eigenvalue weighted by Crippen LogP contribution is -2.24. The number of carbonyl (C=O) groups excluding carboxylic acids is 1. The van der Waals surface area contributed by atoms with Gasteiger partial charge in [-0.15, -0.1) is 11.3 Å². The SMILES string of the molecule is O=C(NCc1cccnc1-n1cncn1)c1csc2c1CCCC2. The van der Waals surface area contributed by atoms with Gasteiger partial charge in [-0.05, 0) is 37.3 Å². The van der Waals surface area contributed by atoms with Crippen molar-refractivity contribution in [3.8, 4) is 5.82 Å². The smallest absolute Gasteiger partial charge is 0.252 e. The largest absolute Gasteiger partial charge is 0.348 e. The van der Waals surface area contributed by atoms with E-state index in [2.05, 4.69) is 20.4 Å². The number of fused-ring (bicyclic) bond motifs is 1. The van der Waals surface area contributed by atoms with Crippen LogP contribution in [0.3, 0.4) is 0 Å². The van der Waals surface area contributed by atoms with Gasteiger partial charge in [0.25, 0.3) is 5.91 Å². The first-order valence-corrected chi connectivity index (χ1v) is 8.87. The van der Waals surface area contributed by atoms with Crippen molar-refractivity contribution in [2.24, 2.45) is 0 Å². The van der Waals surface area contributed by atoms with Gasteiger partial charge in [-0.25, -0.2) is 14.6 Å². The molecule has 122 valence electrons. The second-order valence-corrected chi connectivity index (χ2v) is 6.73. The van der Waals surface area contributed by atoms with Crippen LogP contribution >= 0.6 is 11.3 Å². The number of carbonyl (C=O) groups is 1. The number of aryl methyl sites for hydroxylation is 1. The maximum atomic E-state index is 12.6. The lowest BCUT2D eigenvalue weighted by atomic mass is 9.95. The predicted octanol–water partition coefficient (Wildman–Crippen LogP) is 2.53. The molecule has 4 rings (SSSR count). The minimum atomic E-state index is -0.0113. The van der Waals surface area contributed by atoms with Crippen molar-refractivity contribution in [1.82, 2.24) is 25.1 Å². The number of hydrogen-bond donors (Lipinski definition) is 1. The average molecular weight is 339 g/mol. The van der Waals surface area contributed by atoms with Gasteiger partial charge >= 0.3 is 0 Å². The van der Waals surface area contributed by atoms with Crippen LogP contribution in [0.4, 0.5) is 0 Å². The number of nitrogens with one attached hydrogen (secondary N) is 1. The second-order valence-electron chi connectivity index (χ2n) is 5.77. The molecule has 0 saturated carbocycles. The van der Waals surface area contributed by atoms with E-state index in [-0.39, 0.29) is 5.91 Å². The standard InChI is InChI=1S/C17H17N5OS/c23-17(14-9-24-15-6-2-1-5-13(14)15)20-8-12-4-3-7-19-16(12)22-11-18-10-21-22/h3-4,7,9-11H,1-2,5-6,8H2,(H,20,23). The van der Waals surface area contributed by atoms with Crippen LogP contribution < -0.4 is 5.32 Å². The highest BCUT2D eigenvalue weighted by Gasteiger charge is 2.20. The fourth-order valence-corrected chi connectivity index (χ4v) is 4.17. The third-order valence-electron chi connectivity index (χ3n) is 4.25. The molecule has 3 aromatic heterocycles. The van der Waals surface area contributed by atoms with E-state index in [9.17, 15) is 4.79 Å². The summed E-state index contributed by atoms with van der Waals surface area (Å²) in [4.78, 5) is 22.3. The molecule has 1 N–H and O–H groups in total. The number of hydrogen-bond acceptors (Lipinski definition) is 5. The van der Waals surface area contributed by atoms with Crippen LogP contribution in [0.5, 0.6) is 0 Å². The van der Waals surface area contributed by atoms with Crippen molar-refractivity contribution in [3.05, 3.63) is 57.9 Å². The third kappa shape index (κ3) is 2.82. The molecule has 0 aromatic carbocycles. The van der Waals surface area contributed by atoms with E-state index in [0.29, 0.717) is 12.4 Å². The van der Waals surface area contributed by atoms with Gasteiger partial charge in [0.1, 0.15) is 12.7 Å². The Morgan fingerprint density at radius 2 is 2.25 bits per heavy atom. The average Bonchev–Trinajstić information content (AvgIpc) is 3.29. The minimum absolute atomic E-state index is 0.0113. The number of amides is 1. The van der Waals surface area contributed by atoms with Gasteiger partial charge < -0.3 is 5.32 Å². The Morgan fingerprint density at radius 3 is 3.12 bits per heavy atom. The van der Waals surface area contributed by atoms with Crippen molar-refractivity contribution in [2.45, 2.75) is 32.2 Å². The first-order chi connectivity index (χ1) is 11.8. The normalized spacial score (nSPS) is 13.5. The van der Waals surface area contributed by atoms with Crippen LogP contribution in [-0.4, -0.2) is 25.7 Å². The maximum absolute atomic E-state index is 12.6. The zero-order valence-corrected chi connectivity index (χ0v) is 13.9. The molecule has 6 nitrogen and oxygen atoms in total. The molecule has 0 aliphatic heterocycles. The summed E-state index contributed by atoms with van der Waals surface area (Å²) in [6.07, 6.45) is 9.29. The monoisotopic (exact) mass is 339 g/mol. The molecule has 0 bridgehead atoms. The molecule has 0 radical (unpaired) electrons. The van der Waals surface area contributed by atoms with Gasteiger partial charge in [0, 0.05) is 28.6 Å². The molecular weight excluding hydrogens is 322 g/mol. The second kappa shape index (κ2) is 6.52. The highest BCUT2D eigenvalue weighted by atomic mass is 32.1. The molecule has 24 heavy (non-hydrogen) atoms. The van der Waals surface area contributed by atoms with Crippen LogP contribution in [0.2, 0.25) is 0 Å². The summed E-state index contributed by atoms with van der Waals surface area (Å²) in [6, 6.07) is 3.79. The lowest BCUT2D eigenvalue weighted by molar-refractivity contribution is 0.0950. The molecule has 7 heteroatoms. The number of thiophene rings is 1. The zero-order valence-electron chi connectivity index (χ0n) is 13.1. The van der Waals surface area contributed by atoms with Crippen molar-refractivity contribution < 1.29 is 4.79 Å². The predicted molar refractivity (Wildman–Crippen MR) is 91.3 cm³/mol. The zero-order chi connectivity index (χ0) is 16.4. The van der Waals surface area contributed by atoms with E-state index in [1.807, 2.05) is 17.5 Å². The first-order valence-electron chi connectivity index (χ1n) is 7.99. The Morgan fingerprint density at radius 1 is 1.33 bits per heavy atom. The first kappa shape index (κ1) is 15.0. The van der Waals surface area contributed by atoms with Crippen LogP contribution in [0, 0.1) is 0 Å². The molecule has 0 fully saturated rings. The molecule has 0 unspecified atom stereocenters. The number of rotatable bonds is 4. The molecule has 0 spiro atoms. The summed E-state index contributed by atoms with van der Waals surface area (Å²) in [5.74, 6) is 0.672. The number of aromatic nitrogens is 4. The van der Waals surface area contributed by atoms with Crippen LogP contribution in [0.15, 0.2) is 36.4 Å². The Bertz CT molecular complexity index is 856. The number of nitrogens with zero attached hydrogens (tertiary/aromatic N) is 4. The summed E-state index contributed by atoms with van der Waals surface area (Å²) in [7, 11) is 0. The van der Waals surface area contributed by atoms with E-state index >= 15 is 0 Å². The van der Waals surface area contributed by atoms with Crippen LogP contribution in [0.1, 0.15) is 39.2 Å². The Hall–Kier alpha value is -2.54. The molecule has 3 aromatic rings. The summed E-state index contributed by atoms with van der Waals surface area (Å²) >= 11 is 1.71. The summed E-state index contributed by atoms with van der Waals surface area (Å²) in [5, 5.41) is 9.13. The summed E-state index contributed by atoms with van der Waals surface area (Å²) in [6.45, 7) is 0.409. The highest BCUT2D eigenvalue weighted by Crippen LogP contribution is 2.30. The van der Waals surface area contributed by atoms with Crippen LogP contribution in [-0.2, 0) is 19.4 Å². The van der Waals surface area contributed by atoms with E-state index < -0.39 is 0 Å². The van der Waals surface area contributed by atoms with Gasteiger partial charge in [0.2, 0.25) is 0 Å². The molecule has 1 aliphatic carbocycles. The van der Waals surface area contributed by atoms with Crippen LogP contribution in [0.25, 0.3) is 5.82 Å². The van der Waals surface area contributed by atoms with Crippen molar-refractivity contribution in [2.75, 3.05) is 0 Å². The van der Waals surface area contributed by atoms with E-state index in [1.54, 1.807) is 28.5 Å². The van der Waals surface area contributed by atoms with E-state index in [1.165, 1.54) is 29.6 Å². The van der Waals surface area contributed by atoms with Crippen molar-refractivity contribution >= 4 is 17.2 Å². The molecular formula is C17H17N5OS. The fraction of sp³-hybridized carbons (Fsp3) is 0.294. The van der Waals surface area contributed by atoms with Gasteiger partial charge in [0.15, 0.2) is 5.82 Å². The van der Waals surface area contributed by atoms with Gasteiger partial charge in [-0.3, -0.25) is 4.79 Å².